The van der Waals surface area contributed by atoms with Crippen LogP contribution in [-0.4, -0.2) is 34.5 Å². The predicted molar refractivity (Wildman–Crippen MR) is 24.8 cm³/mol. The van der Waals surface area contributed by atoms with Gasteiger partial charge in [0.1, 0.15) is 0 Å². The third-order valence-corrected chi connectivity index (χ3v) is 0.280. The summed E-state index contributed by atoms with van der Waals surface area (Å²) in [6.07, 6.45) is -7.53. The first-order valence-electron chi connectivity index (χ1n) is 4.92. The Kier molecular flexibility index (Phi) is 0.830. The Morgan fingerprint density at radius 1 is 1.71 bits per heavy atom. The van der Waals surface area contributed by atoms with Crippen molar-refractivity contribution >= 4 is 0 Å². The lowest BCUT2D eigenvalue weighted by Crippen LogP contribution is -2.12. The molecule has 7 heavy (non-hydrogen) atoms. The van der Waals surface area contributed by atoms with Gasteiger partial charge in [-0.15, -0.1) is 0 Å². The van der Waals surface area contributed by atoms with Gasteiger partial charge in [0.05, 0.1) is 19.5 Å². The van der Waals surface area contributed by atoms with Gasteiger partial charge >= 0.3 is 0 Å². The first-order valence-corrected chi connectivity index (χ1v) is 1.42. The smallest absolute Gasteiger partial charge is 0.0792 e. The maximum absolute atomic E-state index is 8.98. The molecule has 0 aliphatic carbocycles. The van der Waals surface area contributed by atoms with Crippen LogP contribution in [0, 0.1) is 0 Å². The van der Waals surface area contributed by atoms with Gasteiger partial charge in [-0.25, -0.2) is 0 Å². The predicted octanol–water partition coefficient (Wildman–Crippen LogP) is -1.28. The Balaban J connectivity index is 5.30. The summed E-state index contributed by atoms with van der Waals surface area (Å²) >= 11 is 0. The van der Waals surface area contributed by atoms with E-state index >= 15 is 0 Å². The van der Waals surface area contributed by atoms with E-state index in [2.05, 4.69) is 0 Å². The lowest BCUT2D eigenvalue weighted by Gasteiger charge is -2.00. The second-order valence-corrected chi connectivity index (χ2v) is 0.697. The molecule has 1 atom stereocenters. The van der Waals surface area contributed by atoms with Gasteiger partial charge in [0.15, 0.2) is 0 Å². The molecule has 0 aliphatic heterocycles. The Morgan fingerprint density at radius 2 is 2.29 bits per heavy atom. The molecular weight excluding hydrogens is 96.0 g/mol. The van der Waals surface area contributed by atoms with Crippen LogP contribution in [0.5, 0.6) is 0 Å². The normalized spacial score (nSPS) is 39.6. The second-order valence-electron chi connectivity index (χ2n) is 0.697. The Bertz CT molecular complexity index is 190. The highest BCUT2D eigenvalue weighted by Gasteiger charge is 1.96. The molecule has 0 aromatic carbocycles. The van der Waals surface area contributed by atoms with E-state index in [4.69, 9.17) is 24.9 Å². The van der Waals surface area contributed by atoms with Crippen molar-refractivity contribution in [2.45, 2.75) is 12.5 Å². The minimum absolute atomic E-state index is 3.67. The van der Waals surface area contributed by atoms with Crippen LogP contribution in [0.25, 0.3) is 0 Å². The number of hydrogen-bond donors (Lipinski definition) is 3. The van der Waals surface area contributed by atoms with Crippen molar-refractivity contribution in [3.63, 3.8) is 0 Å². The SMILES string of the molecule is [2H]C([2H])(O)C([2H])([2H])C([2H])(O)C([2H])([2H])O. The fourth-order valence-electron chi connectivity index (χ4n) is 0.0809. The number of rotatable bonds is 3. The summed E-state index contributed by atoms with van der Waals surface area (Å²) in [5.74, 6) is 0. The minimum Gasteiger partial charge on any atom is -0.396 e. The molecule has 0 aromatic heterocycles. The van der Waals surface area contributed by atoms with Crippen LogP contribution in [0.1, 0.15) is 16.0 Å². The largest absolute Gasteiger partial charge is 0.396 e. The van der Waals surface area contributed by atoms with Gasteiger partial charge < -0.3 is 15.3 Å². The average molecular weight is 113 g/mol. The van der Waals surface area contributed by atoms with Crippen LogP contribution in [0.2, 0.25) is 0 Å². The fourth-order valence-corrected chi connectivity index (χ4v) is 0.0809. The molecular formula is C4H10O3. The fraction of sp³-hybridized carbons (Fsp3) is 1.00. The molecule has 3 nitrogen and oxygen atoms in total. The van der Waals surface area contributed by atoms with E-state index in [0.29, 0.717) is 0 Å². The lowest BCUT2D eigenvalue weighted by molar-refractivity contribution is 0.0721. The molecule has 3 heteroatoms. The van der Waals surface area contributed by atoms with Gasteiger partial charge in [0.25, 0.3) is 0 Å². The lowest BCUT2D eigenvalue weighted by atomic mass is 10.3. The number of aliphatic hydroxyl groups is 3. The zero-order valence-electron chi connectivity index (χ0n) is 10.3. The molecule has 0 amide bonds. The Morgan fingerprint density at radius 3 is 2.43 bits per heavy atom. The Labute approximate surface area is 52.1 Å². The van der Waals surface area contributed by atoms with E-state index in [1.807, 2.05) is 0 Å². The van der Waals surface area contributed by atoms with Crippen LogP contribution < -0.4 is 0 Å². The van der Waals surface area contributed by atoms with Crippen molar-refractivity contribution in [3.8, 4) is 0 Å². The van der Waals surface area contributed by atoms with Gasteiger partial charge in [0.2, 0.25) is 0 Å². The first kappa shape index (κ1) is 1.43. The highest BCUT2D eigenvalue weighted by molar-refractivity contribution is 4.48. The molecule has 0 aliphatic rings. The molecule has 0 saturated heterocycles. The van der Waals surface area contributed by atoms with Gasteiger partial charge in [-0.3, -0.25) is 0 Å². The molecule has 0 bridgehead atoms. The van der Waals surface area contributed by atoms with Gasteiger partial charge in [-0.05, 0) is 6.37 Å². The summed E-state index contributed by atoms with van der Waals surface area (Å²) in [7, 11) is 0. The quantitative estimate of drug-likeness (QED) is 0.427. The van der Waals surface area contributed by atoms with E-state index in [0.717, 1.165) is 0 Å². The van der Waals surface area contributed by atoms with E-state index in [-0.39, 0.29) is 0 Å². The summed E-state index contributed by atoms with van der Waals surface area (Å²) in [6.45, 7) is -7.38. The summed E-state index contributed by atoms with van der Waals surface area (Å²) in [5.41, 5.74) is 0. The molecule has 0 fully saturated rings. The molecule has 0 aromatic rings. The van der Waals surface area contributed by atoms with Crippen LogP contribution in [0.3, 0.4) is 0 Å². The van der Waals surface area contributed by atoms with E-state index in [1.165, 1.54) is 0 Å². The van der Waals surface area contributed by atoms with Gasteiger partial charge in [0, 0.05) is 9.30 Å². The van der Waals surface area contributed by atoms with Crippen molar-refractivity contribution in [1.82, 2.24) is 0 Å². The summed E-state index contributed by atoms with van der Waals surface area (Å²) in [5, 5.41) is 26.2. The summed E-state index contributed by atoms with van der Waals surface area (Å²) in [4.78, 5) is 0. The topological polar surface area (TPSA) is 60.7 Å². The van der Waals surface area contributed by atoms with Crippen molar-refractivity contribution in [1.29, 1.82) is 0 Å². The second kappa shape index (κ2) is 4.05. The van der Waals surface area contributed by atoms with Crippen molar-refractivity contribution in [2.75, 3.05) is 13.1 Å². The highest BCUT2D eigenvalue weighted by Crippen LogP contribution is 1.84. The summed E-state index contributed by atoms with van der Waals surface area (Å²) < 4.78 is 46.7. The standard InChI is InChI=1S/C4H10O3/c5-2-1-4(7)3-6/h4-7H,1-3H2/i1D2,2D2,3D2,4D. The zero-order chi connectivity index (χ0) is 12.0. The van der Waals surface area contributed by atoms with Crippen LogP contribution in [0.4, 0.5) is 0 Å². The Hall–Kier alpha value is -0.120. The van der Waals surface area contributed by atoms with Gasteiger partial charge in [-0.2, -0.15) is 0 Å². The molecule has 0 spiro atoms. The monoisotopic (exact) mass is 113 g/mol. The van der Waals surface area contributed by atoms with Crippen molar-refractivity contribution in [2.24, 2.45) is 0 Å². The van der Waals surface area contributed by atoms with Crippen molar-refractivity contribution < 1.29 is 24.9 Å². The molecule has 0 heterocycles. The first-order chi connectivity index (χ1) is 5.75. The molecule has 1 unspecified atom stereocenters. The molecule has 44 valence electrons. The minimum atomic E-state index is -3.84. The van der Waals surface area contributed by atoms with Gasteiger partial charge in [-0.1, -0.05) is 0 Å². The van der Waals surface area contributed by atoms with Crippen LogP contribution in [-0.2, 0) is 0 Å². The van der Waals surface area contributed by atoms with E-state index in [1.54, 1.807) is 0 Å². The summed E-state index contributed by atoms with van der Waals surface area (Å²) in [6, 6.07) is 0. The molecule has 0 radical (unpaired) electrons. The third kappa shape index (κ3) is 3.72. The zero-order valence-corrected chi connectivity index (χ0v) is 3.34. The molecule has 3 N–H and O–H groups in total. The number of hydrogen-bond acceptors (Lipinski definition) is 3. The van der Waals surface area contributed by atoms with E-state index in [9.17, 15) is 0 Å². The molecule has 0 rings (SSSR count). The van der Waals surface area contributed by atoms with Crippen LogP contribution in [0.15, 0.2) is 0 Å². The van der Waals surface area contributed by atoms with Crippen molar-refractivity contribution in [3.05, 3.63) is 0 Å². The highest BCUT2D eigenvalue weighted by atomic mass is 16.3. The third-order valence-electron chi connectivity index (χ3n) is 0.280. The maximum Gasteiger partial charge on any atom is 0.0792 e. The van der Waals surface area contributed by atoms with Crippen LogP contribution >= 0.6 is 0 Å². The van der Waals surface area contributed by atoms with E-state index < -0.39 is 25.6 Å². The molecule has 0 saturated carbocycles. The maximum atomic E-state index is 8.98. The average Bonchev–Trinajstić information content (AvgIpc) is 1.81.